The van der Waals surface area contributed by atoms with Crippen LogP contribution in [0.25, 0.3) is 0 Å². The molecule has 3 N–H and O–H groups in total. The van der Waals surface area contributed by atoms with Crippen LogP contribution >= 0.6 is 0 Å². The summed E-state index contributed by atoms with van der Waals surface area (Å²) in [5, 5.41) is 11.0. The first-order chi connectivity index (χ1) is 15.7. The standard InChI is InChI=1S/C24H29N3O6/c1-13-15(3-4-16-17(13)11-32-22(16)30)19(28)20(25)26-8-5-24(6-9-26)7-10-27(23(24)31)18-12-33-21(29)14(18)2/h3-4,19-20,28H,5-12,25H2,1-2H3/t19-,20+/m0/s1. The topological polar surface area (TPSA) is 122 Å². The van der Waals surface area contributed by atoms with Gasteiger partial charge in [0.25, 0.3) is 0 Å². The van der Waals surface area contributed by atoms with Crippen molar-refractivity contribution in [1.29, 1.82) is 0 Å². The third kappa shape index (κ3) is 3.37. The minimum Gasteiger partial charge on any atom is -0.457 e. The monoisotopic (exact) mass is 455 g/mol. The zero-order valence-electron chi connectivity index (χ0n) is 18.9. The number of aliphatic hydroxyl groups is 1. The van der Waals surface area contributed by atoms with Crippen LogP contribution in [0.3, 0.4) is 0 Å². The maximum Gasteiger partial charge on any atom is 0.338 e. The minimum atomic E-state index is -0.926. The molecule has 5 rings (SSSR count). The van der Waals surface area contributed by atoms with E-state index in [-0.39, 0.29) is 31.1 Å². The molecule has 1 aromatic rings. The second-order valence-electron chi connectivity index (χ2n) is 9.49. The molecule has 33 heavy (non-hydrogen) atoms. The summed E-state index contributed by atoms with van der Waals surface area (Å²) in [6.07, 6.45) is 0.478. The summed E-state index contributed by atoms with van der Waals surface area (Å²) < 4.78 is 10.2. The maximum atomic E-state index is 13.3. The molecule has 9 heteroatoms. The van der Waals surface area contributed by atoms with Crippen LogP contribution in [0.4, 0.5) is 0 Å². The number of ether oxygens (including phenoxy) is 2. The van der Waals surface area contributed by atoms with Crippen LogP contribution in [0, 0.1) is 12.3 Å². The molecule has 0 radical (unpaired) electrons. The summed E-state index contributed by atoms with van der Waals surface area (Å²) in [7, 11) is 0. The molecule has 4 heterocycles. The predicted molar refractivity (Wildman–Crippen MR) is 116 cm³/mol. The number of carbonyl (C=O) groups is 3. The Kier molecular flexibility index (Phi) is 5.30. The van der Waals surface area contributed by atoms with E-state index in [9.17, 15) is 19.5 Å². The molecule has 0 saturated carbocycles. The van der Waals surface area contributed by atoms with Crippen molar-refractivity contribution in [3.63, 3.8) is 0 Å². The van der Waals surface area contributed by atoms with Gasteiger partial charge < -0.3 is 25.2 Å². The van der Waals surface area contributed by atoms with Gasteiger partial charge in [0.1, 0.15) is 19.3 Å². The summed E-state index contributed by atoms with van der Waals surface area (Å²) in [6.45, 7) is 5.73. The Hall–Kier alpha value is -2.75. The van der Waals surface area contributed by atoms with E-state index in [4.69, 9.17) is 15.2 Å². The summed E-state index contributed by atoms with van der Waals surface area (Å²) in [5.41, 5.74) is 10.1. The lowest BCUT2D eigenvalue weighted by Crippen LogP contribution is -2.53. The Balaban J connectivity index is 1.27. The highest BCUT2D eigenvalue weighted by molar-refractivity contribution is 5.94. The van der Waals surface area contributed by atoms with Crippen LogP contribution in [0.1, 0.15) is 59.3 Å². The molecule has 0 unspecified atom stereocenters. The smallest absolute Gasteiger partial charge is 0.338 e. The van der Waals surface area contributed by atoms with Crippen LogP contribution in [0.2, 0.25) is 0 Å². The molecule has 0 aromatic heterocycles. The van der Waals surface area contributed by atoms with Gasteiger partial charge >= 0.3 is 11.9 Å². The third-order valence-corrected chi connectivity index (χ3v) is 7.94. The molecule has 9 nitrogen and oxygen atoms in total. The predicted octanol–water partition coefficient (Wildman–Crippen LogP) is 1.13. The number of cyclic esters (lactones) is 2. The van der Waals surface area contributed by atoms with E-state index < -0.39 is 17.7 Å². The molecular weight excluding hydrogens is 426 g/mol. The highest BCUT2D eigenvalue weighted by Crippen LogP contribution is 2.44. The number of benzene rings is 1. The van der Waals surface area contributed by atoms with Crippen molar-refractivity contribution in [3.05, 3.63) is 45.7 Å². The van der Waals surface area contributed by atoms with Crippen LogP contribution < -0.4 is 5.73 Å². The van der Waals surface area contributed by atoms with Gasteiger partial charge in [-0.05, 0) is 50.3 Å². The Bertz CT molecular complexity index is 1070. The Morgan fingerprint density at radius 1 is 1.00 bits per heavy atom. The molecule has 4 aliphatic heterocycles. The molecule has 0 aliphatic carbocycles. The lowest BCUT2D eigenvalue weighted by atomic mass is 9.76. The Morgan fingerprint density at radius 2 is 1.67 bits per heavy atom. The first kappa shape index (κ1) is 22.1. The highest BCUT2D eigenvalue weighted by Gasteiger charge is 2.50. The molecule has 176 valence electrons. The number of hydrogen-bond acceptors (Lipinski definition) is 8. The fraction of sp³-hybridized carbons (Fsp3) is 0.542. The van der Waals surface area contributed by atoms with Crippen LogP contribution in [-0.2, 0) is 25.7 Å². The van der Waals surface area contributed by atoms with Crippen molar-refractivity contribution in [2.24, 2.45) is 11.1 Å². The van der Waals surface area contributed by atoms with Crippen molar-refractivity contribution in [3.8, 4) is 0 Å². The first-order valence-corrected chi connectivity index (χ1v) is 11.4. The lowest BCUT2D eigenvalue weighted by molar-refractivity contribution is -0.139. The SMILES string of the molecule is CC1=C(N2CCC3(CCN([C@@H](N)[C@@H](O)c4ccc5c(c4C)COC5=O)CC3)C2=O)COC1=O. The van der Waals surface area contributed by atoms with Gasteiger partial charge in [0.2, 0.25) is 5.91 Å². The summed E-state index contributed by atoms with van der Waals surface area (Å²) >= 11 is 0. The maximum absolute atomic E-state index is 13.3. The number of nitrogens with zero attached hydrogens (tertiary/aromatic N) is 2. The van der Waals surface area contributed by atoms with Gasteiger partial charge in [0.05, 0.1) is 28.4 Å². The second kappa shape index (κ2) is 7.93. The van der Waals surface area contributed by atoms with Crippen LogP contribution in [0.15, 0.2) is 23.4 Å². The number of carbonyl (C=O) groups excluding carboxylic acids is 3. The van der Waals surface area contributed by atoms with Crippen molar-refractivity contribution in [1.82, 2.24) is 9.80 Å². The molecule has 2 atom stereocenters. The molecule has 4 aliphatic rings. The number of esters is 2. The van der Waals surface area contributed by atoms with Gasteiger partial charge in [-0.1, -0.05) is 6.07 Å². The van der Waals surface area contributed by atoms with Crippen molar-refractivity contribution < 1.29 is 29.0 Å². The molecule has 1 aromatic carbocycles. The van der Waals surface area contributed by atoms with Crippen molar-refractivity contribution >= 4 is 17.8 Å². The van der Waals surface area contributed by atoms with E-state index in [1.807, 2.05) is 11.8 Å². The largest absolute Gasteiger partial charge is 0.457 e. The van der Waals surface area contributed by atoms with E-state index in [2.05, 4.69) is 0 Å². The molecule has 1 spiro atoms. The Morgan fingerprint density at radius 3 is 2.33 bits per heavy atom. The number of fused-ring (bicyclic) bond motifs is 1. The molecular formula is C24H29N3O6. The first-order valence-electron chi connectivity index (χ1n) is 11.4. The van der Waals surface area contributed by atoms with E-state index >= 15 is 0 Å². The van der Waals surface area contributed by atoms with Crippen molar-refractivity contribution in [2.75, 3.05) is 26.2 Å². The number of hydrogen-bond donors (Lipinski definition) is 2. The van der Waals surface area contributed by atoms with Crippen LogP contribution in [-0.4, -0.2) is 65.2 Å². The highest BCUT2D eigenvalue weighted by atomic mass is 16.5. The number of amides is 1. The normalized spacial score (nSPS) is 24.4. The van der Waals surface area contributed by atoms with E-state index in [0.717, 1.165) is 17.5 Å². The second-order valence-corrected chi connectivity index (χ2v) is 9.49. The zero-order chi connectivity index (χ0) is 23.5. The number of likely N-dealkylation sites (tertiary alicyclic amines) is 2. The van der Waals surface area contributed by atoms with Gasteiger partial charge in [-0.3, -0.25) is 9.69 Å². The number of rotatable bonds is 4. The van der Waals surface area contributed by atoms with Gasteiger partial charge in [-0.25, -0.2) is 9.59 Å². The van der Waals surface area contributed by atoms with Crippen molar-refractivity contribution in [2.45, 2.75) is 52.0 Å². The van der Waals surface area contributed by atoms with Gasteiger partial charge in [-0.15, -0.1) is 0 Å². The average molecular weight is 456 g/mol. The number of piperidine rings is 1. The molecule has 2 saturated heterocycles. The van der Waals surface area contributed by atoms with E-state index in [1.165, 1.54) is 0 Å². The van der Waals surface area contributed by atoms with E-state index in [0.29, 0.717) is 54.9 Å². The number of aliphatic hydroxyl groups excluding tert-OH is 1. The third-order valence-electron chi connectivity index (χ3n) is 7.94. The van der Waals surface area contributed by atoms with Gasteiger partial charge in [0, 0.05) is 25.2 Å². The average Bonchev–Trinajstić information content (AvgIpc) is 3.45. The molecule has 0 bridgehead atoms. The summed E-state index contributed by atoms with van der Waals surface area (Å²) in [4.78, 5) is 40.6. The lowest BCUT2D eigenvalue weighted by Gasteiger charge is -2.41. The summed E-state index contributed by atoms with van der Waals surface area (Å²) in [6, 6.07) is 3.43. The fourth-order valence-corrected chi connectivity index (χ4v) is 5.61. The quantitative estimate of drug-likeness (QED) is 0.648. The zero-order valence-corrected chi connectivity index (χ0v) is 18.9. The van der Waals surface area contributed by atoms with Crippen LogP contribution in [0.5, 0.6) is 0 Å². The summed E-state index contributed by atoms with van der Waals surface area (Å²) in [5.74, 6) is -0.635. The number of nitrogens with two attached hydrogens (primary N) is 1. The van der Waals surface area contributed by atoms with Gasteiger partial charge in [-0.2, -0.15) is 0 Å². The van der Waals surface area contributed by atoms with E-state index in [1.54, 1.807) is 24.0 Å². The Labute approximate surface area is 192 Å². The fourth-order valence-electron chi connectivity index (χ4n) is 5.61. The molecule has 1 amide bonds. The minimum absolute atomic E-state index is 0.0584. The van der Waals surface area contributed by atoms with Gasteiger partial charge in [0.15, 0.2) is 0 Å². The molecule has 2 fully saturated rings.